The van der Waals surface area contributed by atoms with E-state index in [1.807, 2.05) is 5.43 Å². The van der Waals surface area contributed by atoms with Crippen molar-refractivity contribution < 1.29 is 28.7 Å². The molecule has 0 rings (SSSR count). The Morgan fingerprint density at radius 2 is 1.42 bits per heavy atom. The second-order valence-corrected chi connectivity index (χ2v) is 6.21. The number of carbonyl (C=O) groups is 5. The van der Waals surface area contributed by atoms with Gasteiger partial charge in [-0.3, -0.25) is 24.6 Å². The Morgan fingerprint density at radius 3 is 1.96 bits per heavy atom. The molecule has 0 aromatic rings. The van der Waals surface area contributed by atoms with Crippen molar-refractivity contribution in [1.29, 1.82) is 0 Å². The van der Waals surface area contributed by atoms with Crippen LogP contribution in [-0.2, 0) is 23.9 Å². The lowest BCUT2D eigenvalue weighted by atomic mass is 10.2. The van der Waals surface area contributed by atoms with Gasteiger partial charge in [0.15, 0.2) is 0 Å². The molecule has 1 atom stereocenters. The number of nitrogens with one attached hydrogen (secondary N) is 5. The van der Waals surface area contributed by atoms with Gasteiger partial charge in [-0.2, -0.15) is 0 Å². The average molecular weight is 374 g/mol. The molecule has 5 amide bonds. The molecule has 0 aromatic carbocycles. The van der Waals surface area contributed by atoms with Crippen LogP contribution in [0.5, 0.6) is 0 Å². The lowest BCUT2D eigenvalue weighted by Crippen LogP contribution is -2.50. The van der Waals surface area contributed by atoms with Crippen molar-refractivity contribution in [1.82, 2.24) is 26.7 Å². The molecule has 0 fully saturated rings. The molecular weight excluding hydrogens is 348 g/mol. The van der Waals surface area contributed by atoms with Crippen LogP contribution >= 0.6 is 0 Å². The molecule has 0 aliphatic carbocycles. The maximum Gasteiger partial charge on any atom is 0.408 e. The summed E-state index contributed by atoms with van der Waals surface area (Å²) in [5, 5.41) is 9.10. The maximum absolute atomic E-state index is 11.7. The Balaban J connectivity index is 4.06. The maximum atomic E-state index is 11.7. The standard InChI is InChI=1S/C14H26N6O6/c1-8(12(24)17-7-11(23)20-15)19-10(22)6-16-9(21)5-18-13(25)26-14(2,3)4/h8H,5-7,15H2,1-4H3,(H,16,21)(H,17,24)(H,18,25)(H,19,22)(H,20,23). The summed E-state index contributed by atoms with van der Waals surface area (Å²) < 4.78 is 4.95. The van der Waals surface area contributed by atoms with Crippen molar-refractivity contribution in [3.63, 3.8) is 0 Å². The quantitative estimate of drug-likeness (QED) is 0.151. The van der Waals surface area contributed by atoms with E-state index in [-0.39, 0.29) is 13.1 Å². The minimum absolute atomic E-state index is 0.331. The van der Waals surface area contributed by atoms with E-state index in [1.54, 1.807) is 20.8 Å². The molecule has 1 unspecified atom stereocenters. The number of ether oxygens (including phenoxy) is 1. The van der Waals surface area contributed by atoms with Gasteiger partial charge in [0.05, 0.1) is 13.1 Å². The largest absolute Gasteiger partial charge is 0.444 e. The van der Waals surface area contributed by atoms with Gasteiger partial charge < -0.3 is 26.0 Å². The van der Waals surface area contributed by atoms with Gasteiger partial charge in [0, 0.05) is 0 Å². The van der Waals surface area contributed by atoms with Gasteiger partial charge in [-0.1, -0.05) is 0 Å². The first kappa shape index (κ1) is 23.1. The van der Waals surface area contributed by atoms with Gasteiger partial charge in [-0.25, -0.2) is 10.6 Å². The van der Waals surface area contributed by atoms with Gasteiger partial charge in [-0.05, 0) is 27.7 Å². The molecule has 12 nitrogen and oxygen atoms in total. The van der Waals surface area contributed by atoms with Gasteiger partial charge in [0.25, 0.3) is 5.91 Å². The molecule has 0 aromatic heterocycles. The molecule has 0 heterocycles. The molecule has 0 saturated carbocycles. The summed E-state index contributed by atoms with van der Waals surface area (Å²) in [5.41, 5.74) is 1.15. The number of hydrogen-bond donors (Lipinski definition) is 6. The van der Waals surface area contributed by atoms with Crippen LogP contribution in [0.1, 0.15) is 27.7 Å². The Morgan fingerprint density at radius 1 is 0.885 bits per heavy atom. The fourth-order valence-electron chi connectivity index (χ4n) is 1.44. The third-order valence-electron chi connectivity index (χ3n) is 2.59. The van der Waals surface area contributed by atoms with Crippen LogP contribution in [0.25, 0.3) is 0 Å². The molecule has 12 heteroatoms. The van der Waals surface area contributed by atoms with E-state index in [0.29, 0.717) is 0 Å². The van der Waals surface area contributed by atoms with Crippen molar-refractivity contribution >= 4 is 29.7 Å². The highest BCUT2D eigenvalue weighted by Gasteiger charge is 2.18. The number of hydrogen-bond acceptors (Lipinski definition) is 7. The molecule has 7 N–H and O–H groups in total. The van der Waals surface area contributed by atoms with Crippen LogP contribution in [0.15, 0.2) is 0 Å². The summed E-state index contributed by atoms with van der Waals surface area (Å²) in [6, 6.07) is -0.926. The van der Waals surface area contributed by atoms with Crippen molar-refractivity contribution in [2.24, 2.45) is 5.84 Å². The monoisotopic (exact) mass is 374 g/mol. The van der Waals surface area contributed by atoms with Crippen LogP contribution in [0.2, 0.25) is 0 Å². The lowest BCUT2D eigenvalue weighted by Gasteiger charge is -2.19. The van der Waals surface area contributed by atoms with Crippen molar-refractivity contribution in [3.8, 4) is 0 Å². The zero-order valence-electron chi connectivity index (χ0n) is 15.2. The van der Waals surface area contributed by atoms with Crippen LogP contribution in [0.4, 0.5) is 4.79 Å². The summed E-state index contributed by atoms with van der Waals surface area (Å²) in [4.78, 5) is 57.1. The molecule has 0 saturated heterocycles. The molecule has 0 aliphatic rings. The van der Waals surface area contributed by atoms with Crippen LogP contribution < -0.4 is 32.5 Å². The number of carbonyl (C=O) groups excluding carboxylic acids is 5. The van der Waals surface area contributed by atoms with Gasteiger partial charge in [-0.15, -0.1) is 0 Å². The molecule has 0 radical (unpaired) electrons. The molecule has 0 spiro atoms. The molecular formula is C14H26N6O6. The van der Waals surface area contributed by atoms with Crippen molar-refractivity contribution in [2.75, 3.05) is 19.6 Å². The first-order valence-corrected chi connectivity index (χ1v) is 7.74. The summed E-state index contributed by atoms with van der Waals surface area (Å²) in [6.07, 6.45) is -0.760. The normalized spacial score (nSPS) is 11.6. The second kappa shape index (κ2) is 10.9. The summed E-state index contributed by atoms with van der Waals surface area (Å²) in [5.74, 6) is 2.44. The van der Waals surface area contributed by atoms with Gasteiger partial charge in [0.1, 0.15) is 18.2 Å². The van der Waals surface area contributed by atoms with E-state index < -0.39 is 47.9 Å². The van der Waals surface area contributed by atoms with Crippen LogP contribution in [-0.4, -0.2) is 61.0 Å². The number of nitrogens with two attached hydrogens (primary N) is 1. The van der Waals surface area contributed by atoms with E-state index in [4.69, 9.17) is 10.6 Å². The molecule has 0 bridgehead atoms. The highest BCUT2D eigenvalue weighted by Crippen LogP contribution is 2.05. The van der Waals surface area contributed by atoms with Gasteiger partial charge >= 0.3 is 6.09 Å². The SMILES string of the molecule is CC(NC(=O)CNC(=O)CNC(=O)OC(C)(C)C)C(=O)NCC(=O)NN. The molecule has 148 valence electrons. The summed E-state index contributed by atoms with van der Waals surface area (Å²) in [6.45, 7) is 5.34. The summed E-state index contributed by atoms with van der Waals surface area (Å²) in [7, 11) is 0. The Labute approximate surface area is 150 Å². The van der Waals surface area contributed by atoms with E-state index in [2.05, 4.69) is 21.3 Å². The minimum atomic E-state index is -0.926. The minimum Gasteiger partial charge on any atom is -0.444 e. The van der Waals surface area contributed by atoms with Gasteiger partial charge in [0.2, 0.25) is 17.7 Å². The number of alkyl carbamates (subject to hydrolysis) is 1. The Kier molecular flexibility index (Phi) is 9.66. The summed E-state index contributed by atoms with van der Waals surface area (Å²) >= 11 is 0. The zero-order chi connectivity index (χ0) is 20.3. The third-order valence-corrected chi connectivity index (χ3v) is 2.59. The van der Waals surface area contributed by atoms with Crippen molar-refractivity contribution in [2.45, 2.75) is 39.3 Å². The topological polar surface area (TPSA) is 181 Å². The van der Waals surface area contributed by atoms with E-state index >= 15 is 0 Å². The lowest BCUT2D eigenvalue weighted by molar-refractivity contribution is -0.130. The fourth-order valence-corrected chi connectivity index (χ4v) is 1.44. The second-order valence-electron chi connectivity index (χ2n) is 6.21. The number of rotatable bonds is 8. The first-order valence-electron chi connectivity index (χ1n) is 7.74. The van der Waals surface area contributed by atoms with Crippen LogP contribution in [0.3, 0.4) is 0 Å². The fraction of sp³-hybridized carbons (Fsp3) is 0.643. The zero-order valence-corrected chi connectivity index (χ0v) is 15.2. The first-order chi connectivity index (χ1) is 11.9. The number of amides is 5. The number of hydrazine groups is 1. The predicted octanol–water partition coefficient (Wildman–Crippen LogP) is -2.76. The van der Waals surface area contributed by atoms with E-state index in [9.17, 15) is 24.0 Å². The van der Waals surface area contributed by atoms with E-state index in [0.717, 1.165) is 0 Å². The Bertz CT molecular complexity index is 545. The van der Waals surface area contributed by atoms with Crippen molar-refractivity contribution in [3.05, 3.63) is 0 Å². The highest BCUT2D eigenvalue weighted by molar-refractivity contribution is 5.92. The van der Waals surface area contributed by atoms with E-state index in [1.165, 1.54) is 6.92 Å². The average Bonchev–Trinajstić information content (AvgIpc) is 2.53. The highest BCUT2D eigenvalue weighted by atomic mass is 16.6. The third kappa shape index (κ3) is 11.6. The molecule has 26 heavy (non-hydrogen) atoms. The Hall–Kier alpha value is -2.89. The predicted molar refractivity (Wildman–Crippen MR) is 90.2 cm³/mol. The molecule has 0 aliphatic heterocycles. The smallest absolute Gasteiger partial charge is 0.408 e. The van der Waals surface area contributed by atoms with Crippen LogP contribution in [0, 0.1) is 0 Å².